The van der Waals surface area contributed by atoms with Gasteiger partial charge in [0.25, 0.3) is 0 Å². The number of hydrogen-bond donors (Lipinski definition) is 0. The van der Waals surface area contributed by atoms with Crippen LogP contribution in [0, 0.1) is 13.3 Å². The van der Waals surface area contributed by atoms with Gasteiger partial charge in [-0.1, -0.05) is 63.1 Å². The minimum Gasteiger partial charge on any atom is -0.346 e. The van der Waals surface area contributed by atoms with E-state index in [2.05, 4.69) is 122 Å². The topological polar surface area (TPSA) is 13.0 Å². The Kier molecular flexibility index (Phi) is 7.55. The van der Waals surface area contributed by atoms with Gasteiger partial charge in [0.2, 0.25) is 13.3 Å². The van der Waals surface area contributed by atoms with Crippen LogP contribution in [0.3, 0.4) is 0 Å². The summed E-state index contributed by atoms with van der Waals surface area (Å²) in [6.45, 7) is 13.2. The minimum absolute atomic E-state index is 1.02. The van der Waals surface area contributed by atoms with Gasteiger partial charge in [-0.05, 0) is 48.2 Å². The lowest BCUT2D eigenvalue weighted by atomic mass is 10.1. The van der Waals surface area contributed by atoms with Gasteiger partial charge in [-0.15, -0.1) is 0 Å². The van der Waals surface area contributed by atoms with Crippen LogP contribution in [0.25, 0.3) is 12.2 Å². The normalized spacial score (nSPS) is 15.7. The summed E-state index contributed by atoms with van der Waals surface area (Å²) in [5.41, 5.74) is 4.61. The maximum Gasteiger partial charge on any atom is 0.212 e. The second-order valence-electron chi connectivity index (χ2n) is 8.15. The van der Waals surface area contributed by atoms with Crippen molar-refractivity contribution in [1.29, 1.82) is 0 Å². The number of nitrogens with zero attached hydrogens (tertiary/aromatic N) is 4. The molecule has 2 aromatic rings. The highest BCUT2D eigenvalue weighted by atomic mass is 15.3. The van der Waals surface area contributed by atoms with E-state index in [4.69, 9.17) is 0 Å². The molecule has 2 heterocycles. The predicted molar refractivity (Wildman–Crippen MR) is 135 cm³/mol. The van der Waals surface area contributed by atoms with Gasteiger partial charge in [0.1, 0.15) is 0 Å². The molecule has 0 unspecified atom stereocenters. The van der Waals surface area contributed by atoms with E-state index in [1.165, 1.54) is 36.8 Å². The fourth-order valence-corrected chi connectivity index (χ4v) is 3.58. The molecule has 0 atom stereocenters. The molecule has 2 aliphatic heterocycles. The first-order valence-electron chi connectivity index (χ1n) is 11.6. The Morgan fingerprint density at radius 1 is 0.594 bits per heavy atom. The first-order chi connectivity index (χ1) is 15.7. The summed E-state index contributed by atoms with van der Waals surface area (Å²) in [5.74, 6) is 0. The van der Waals surface area contributed by atoms with Gasteiger partial charge < -0.3 is 19.6 Å². The molecule has 0 spiro atoms. The molecule has 0 aliphatic carbocycles. The largest absolute Gasteiger partial charge is 0.346 e. The number of hydrogen-bond acceptors (Lipinski definition) is 4. The predicted octanol–water partition coefficient (Wildman–Crippen LogP) is 6.64. The SMILES string of the molecule is CCCCN1[C]N(c2ccc(/C=C/c3ccc(N4[C]N(CCCC)C=C4)cc3)cc2)C=C1. The molecule has 4 radical (unpaired) electrons. The molecular formula is C28H32N4. The van der Waals surface area contributed by atoms with Gasteiger partial charge in [0.05, 0.1) is 0 Å². The first kappa shape index (κ1) is 22.1. The fourth-order valence-electron chi connectivity index (χ4n) is 3.58. The van der Waals surface area contributed by atoms with Gasteiger partial charge in [-0.3, -0.25) is 0 Å². The third-order valence-electron chi connectivity index (χ3n) is 5.58. The Bertz CT molecular complexity index is 849. The molecule has 0 saturated heterocycles. The van der Waals surface area contributed by atoms with Crippen LogP contribution in [0.4, 0.5) is 11.4 Å². The Morgan fingerprint density at radius 3 is 1.38 bits per heavy atom. The molecular weight excluding hydrogens is 392 g/mol. The number of rotatable bonds is 10. The molecule has 0 N–H and O–H groups in total. The van der Waals surface area contributed by atoms with Crippen molar-refractivity contribution >= 4 is 23.5 Å². The molecule has 4 nitrogen and oxygen atoms in total. The van der Waals surface area contributed by atoms with E-state index in [1.807, 2.05) is 9.80 Å². The highest BCUT2D eigenvalue weighted by molar-refractivity contribution is 5.72. The maximum absolute atomic E-state index is 3.38. The number of unbranched alkanes of at least 4 members (excludes halogenated alkanes) is 2. The Morgan fingerprint density at radius 2 is 1.00 bits per heavy atom. The van der Waals surface area contributed by atoms with Crippen molar-refractivity contribution in [3.63, 3.8) is 0 Å². The van der Waals surface area contributed by atoms with E-state index in [9.17, 15) is 0 Å². The summed E-state index contributed by atoms with van der Waals surface area (Å²) < 4.78 is 0. The van der Waals surface area contributed by atoms with E-state index in [-0.39, 0.29) is 0 Å². The van der Waals surface area contributed by atoms with Gasteiger partial charge in [-0.2, -0.15) is 0 Å². The second kappa shape index (κ2) is 10.9. The molecule has 0 aromatic heterocycles. The summed E-state index contributed by atoms with van der Waals surface area (Å²) in [6.07, 6.45) is 17.4. The van der Waals surface area contributed by atoms with Crippen molar-refractivity contribution in [2.45, 2.75) is 39.5 Å². The van der Waals surface area contributed by atoms with Crippen molar-refractivity contribution in [3.8, 4) is 0 Å². The van der Waals surface area contributed by atoms with E-state index in [1.54, 1.807) is 0 Å². The lowest BCUT2D eigenvalue weighted by molar-refractivity contribution is 0.452. The summed E-state index contributed by atoms with van der Waals surface area (Å²) in [5, 5.41) is 0. The van der Waals surface area contributed by atoms with Gasteiger partial charge in [-0.25, -0.2) is 0 Å². The number of anilines is 2. The first-order valence-corrected chi connectivity index (χ1v) is 11.6. The standard InChI is InChI=1S/C28H32N4/c1-3-5-17-29-19-21-31(23-29)27-13-9-25(10-14-27)7-8-26-11-15-28(16-12-26)32-22-20-30(24-32)18-6-4-2/h7-16,19-22H,3-6,17-18H2,1-2H3/b8-7+. The van der Waals surface area contributed by atoms with E-state index in [0.717, 1.165) is 24.5 Å². The highest BCUT2D eigenvalue weighted by Crippen LogP contribution is 2.25. The average molecular weight is 425 g/mol. The van der Waals surface area contributed by atoms with Crippen LogP contribution in [-0.4, -0.2) is 22.9 Å². The molecule has 2 aromatic carbocycles. The zero-order valence-corrected chi connectivity index (χ0v) is 19.1. The van der Waals surface area contributed by atoms with Crippen molar-refractivity contribution in [1.82, 2.24) is 9.80 Å². The zero-order valence-electron chi connectivity index (χ0n) is 19.1. The van der Waals surface area contributed by atoms with Crippen LogP contribution >= 0.6 is 0 Å². The van der Waals surface area contributed by atoms with Gasteiger partial charge in [0, 0.05) is 49.3 Å². The van der Waals surface area contributed by atoms with Crippen LogP contribution in [0.5, 0.6) is 0 Å². The Hall–Kier alpha value is -3.14. The van der Waals surface area contributed by atoms with Crippen LogP contribution in [-0.2, 0) is 0 Å². The highest BCUT2D eigenvalue weighted by Gasteiger charge is 2.16. The molecule has 0 bridgehead atoms. The van der Waals surface area contributed by atoms with Crippen molar-refractivity contribution in [2.24, 2.45) is 0 Å². The van der Waals surface area contributed by atoms with Gasteiger partial charge >= 0.3 is 0 Å². The van der Waals surface area contributed by atoms with Crippen molar-refractivity contribution < 1.29 is 0 Å². The quantitative estimate of drug-likeness (QED) is 0.397. The fraction of sp³-hybridized carbons (Fsp3) is 0.286. The Balaban J connectivity index is 1.29. The van der Waals surface area contributed by atoms with E-state index in [0.29, 0.717) is 0 Å². The lowest BCUT2D eigenvalue weighted by Gasteiger charge is -2.19. The molecule has 0 amide bonds. The zero-order chi connectivity index (χ0) is 22.2. The molecule has 4 rings (SSSR count). The molecule has 4 heteroatoms. The molecule has 0 saturated carbocycles. The van der Waals surface area contributed by atoms with Crippen LogP contribution in [0.2, 0.25) is 0 Å². The smallest absolute Gasteiger partial charge is 0.212 e. The van der Waals surface area contributed by atoms with E-state index < -0.39 is 0 Å². The minimum atomic E-state index is 1.02. The molecule has 2 aliphatic rings. The Labute approximate surface area is 193 Å². The van der Waals surface area contributed by atoms with Crippen LogP contribution in [0.15, 0.2) is 73.3 Å². The summed E-state index contributed by atoms with van der Waals surface area (Å²) in [4.78, 5) is 8.34. The van der Waals surface area contributed by atoms with Gasteiger partial charge in [0.15, 0.2) is 0 Å². The molecule has 0 fully saturated rings. The monoisotopic (exact) mass is 424 g/mol. The van der Waals surface area contributed by atoms with Crippen molar-refractivity contribution in [3.05, 3.63) is 97.8 Å². The molecule has 164 valence electrons. The summed E-state index contributed by atoms with van der Waals surface area (Å²) >= 11 is 0. The van der Waals surface area contributed by atoms with Crippen molar-refractivity contribution in [2.75, 3.05) is 22.9 Å². The summed E-state index contributed by atoms with van der Waals surface area (Å²) in [7, 11) is 0. The van der Waals surface area contributed by atoms with Crippen LogP contribution < -0.4 is 9.80 Å². The average Bonchev–Trinajstić information content (AvgIpc) is 3.51. The molecule has 32 heavy (non-hydrogen) atoms. The number of benzene rings is 2. The van der Waals surface area contributed by atoms with Crippen LogP contribution in [0.1, 0.15) is 50.7 Å². The second-order valence-corrected chi connectivity index (χ2v) is 8.15. The third-order valence-corrected chi connectivity index (χ3v) is 5.58. The van der Waals surface area contributed by atoms with E-state index >= 15 is 0 Å². The summed E-state index contributed by atoms with van der Waals surface area (Å²) in [6, 6.07) is 17.1. The maximum atomic E-state index is 3.38. The lowest BCUT2D eigenvalue weighted by Crippen LogP contribution is -2.19. The third kappa shape index (κ3) is 5.76.